The Kier molecular flexibility index (Phi) is 2.50. The number of hydrogen-bond acceptors (Lipinski definition) is 1. The molecule has 0 aromatic carbocycles. The van der Waals surface area contributed by atoms with Gasteiger partial charge < -0.3 is 5.73 Å². The van der Waals surface area contributed by atoms with E-state index in [4.69, 9.17) is 5.73 Å². The van der Waals surface area contributed by atoms with Crippen molar-refractivity contribution in [2.24, 2.45) is 5.73 Å². The average molecular weight is 151 g/mol. The minimum absolute atomic E-state index is 0.387. The van der Waals surface area contributed by atoms with Crippen molar-refractivity contribution in [3.8, 4) is 0 Å². The maximum atomic E-state index is 5.82. The van der Waals surface area contributed by atoms with Crippen LogP contribution in [0.15, 0.2) is 23.3 Å². The van der Waals surface area contributed by atoms with E-state index >= 15 is 0 Å². The van der Waals surface area contributed by atoms with Crippen molar-refractivity contribution in [2.75, 3.05) is 0 Å². The predicted molar refractivity (Wildman–Crippen MR) is 49.3 cm³/mol. The Balaban J connectivity index is 2.78. The summed E-state index contributed by atoms with van der Waals surface area (Å²) in [6.07, 6.45) is 3.31. The van der Waals surface area contributed by atoms with Gasteiger partial charge in [0, 0.05) is 6.04 Å². The summed E-state index contributed by atoms with van der Waals surface area (Å²) in [4.78, 5) is 0. The third-order valence-electron chi connectivity index (χ3n) is 2.36. The second-order valence-electron chi connectivity index (χ2n) is 3.54. The lowest BCUT2D eigenvalue weighted by molar-refractivity contribution is 0.572. The molecule has 0 aromatic heterocycles. The molecule has 62 valence electrons. The van der Waals surface area contributed by atoms with Gasteiger partial charge in [-0.05, 0) is 38.7 Å². The average Bonchev–Trinajstić information content (AvgIpc) is 1.85. The first-order valence-corrected chi connectivity index (χ1v) is 4.21. The normalized spacial score (nSPS) is 25.5. The highest BCUT2D eigenvalue weighted by atomic mass is 14.6. The number of allylic oxidation sites excluding steroid dienone is 2. The molecule has 2 N–H and O–H groups in total. The van der Waals surface area contributed by atoms with Gasteiger partial charge in [-0.25, -0.2) is 0 Å². The number of rotatable bonds is 1. The topological polar surface area (TPSA) is 26.0 Å². The molecular weight excluding hydrogens is 134 g/mol. The Morgan fingerprint density at radius 2 is 2.27 bits per heavy atom. The third-order valence-corrected chi connectivity index (χ3v) is 2.36. The molecule has 1 nitrogen and oxygen atoms in total. The van der Waals surface area contributed by atoms with Gasteiger partial charge in [-0.15, -0.1) is 0 Å². The van der Waals surface area contributed by atoms with E-state index in [1.54, 1.807) is 0 Å². The van der Waals surface area contributed by atoms with E-state index < -0.39 is 0 Å². The van der Waals surface area contributed by atoms with Crippen molar-refractivity contribution in [1.82, 2.24) is 0 Å². The van der Waals surface area contributed by atoms with E-state index in [0.29, 0.717) is 6.04 Å². The Morgan fingerprint density at radius 1 is 1.64 bits per heavy atom. The van der Waals surface area contributed by atoms with E-state index in [1.165, 1.54) is 16.7 Å². The van der Waals surface area contributed by atoms with Gasteiger partial charge in [0.05, 0.1) is 0 Å². The van der Waals surface area contributed by atoms with Crippen LogP contribution in [-0.4, -0.2) is 6.04 Å². The summed E-state index contributed by atoms with van der Waals surface area (Å²) < 4.78 is 0. The monoisotopic (exact) mass is 151 g/mol. The quantitative estimate of drug-likeness (QED) is 0.612. The van der Waals surface area contributed by atoms with Crippen LogP contribution in [0.3, 0.4) is 0 Å². The van der Waals surface area contributed by atoms with Gasteiger partial charge in [-0.1, -0.05) is 17.7 Å². The van der Waals surface area contributed by atoms with Crippen LogP contribution in [0.4, 0.5) is 0 Å². The van der Waals surface area contributed by atoms with Crippen molar-refractivity contribution in [3.05, 3.63) is 23.3 Å². The van der Waals surface area contributed by atoms with Crippen molar-refractivity contribution in [2.45, 2.75) is 39.2 Å². The zero-order chi connectivity index (χ0) is 8.43. The highest BCUT2D eigenvalue weighted by Crippen LogP contribution is 2.27. The molecule has 0 unspecified atom stereocenters. The van der Waals surface area contributed by atoms with Gasteiger partial charge >= 0.3 is 0 Å². The molecule has 0 saturated carbocycles. The molecule has 0 fully saturated rings. The molecule has 0 amide bonds. The first-order valence-electron chi connectivity index (χ1n) is 4.21. The van der Waals surface area contributed by atoms with Crippen molar-refractivity contribution >= 4 is 0 Å². The second-order valence-corrected chi connectivity index (χ2v) is 3.54. The van der Waals surface area contributed by atoms with E-state index in [2.05, 4.69) is 20.4 Å². The maximum Gasteiger partial charge on any atom is 0.00793 e. The van der Waals surface area contributed by atoms with Gasteiger partial charge in [0.2, 0.25) is 0 Å². The molecule has 0 radical (unpaired) electrons. The lowest BCUT2D eigenvalue weighted by Gasteiger charge is -2.22. The molecule has 1 rings (SSSR count). The molecule has 1 aliphatic carbocycles. The molecule has 0 saturated heterocycles. The van der Waals surface area contributed by atoms with Crippen LogP contribution in [0.1, 0.15) is 33.1 Å². The van der Waals surface area contributed by atoms with Crippen LogP contribution < -0.4 is 5.73 Å². The van der Waals surface area contributed by atoms with Crippen molar-refractivity contribution < 1.29 is 0 Å². The van der Waals surface area contributed by atoms with Crippen LogP contribution in [0.25, 0.3) is 0 Å². The van der Waals surface area contributed by atoms with Crippen molar-refractivity contribution in [1.29, 1.82) is 0 Å². The van der Waals surface area contributed by atoms with Gasteiger partial charge in [0.25, 0.3) is 0 Å². The largest absolute Gasteiger partial charge is 0.327 e. The van der Waals surface area contributed by atoms with E-state index in [0.717, 1.165) is 19.3 Å². The summed E-state index contributed by atoms with van der Waals surface area (Å²) in [5, 5.41) is 0. The van der Waals surface area contributed by atoms with Gasteiger partial charge in [-0.3, -0.25) is 0 Å². The highest BCUT2D eigenvalue weighted by molar-refractivity contribution is 5.33. The summed E-state index contributed by atoms with van der Waals surface area (Å²) in [5.41, 5.74) is 9.93. The Bertz CT molecular complexity index is 201. The highest BCUT2D eigenvalue weighted by Gasteiger charge is 2.14. The SMILES string of the molecule is C=C(C)C1=C(C)C[C@H](N)CC1. The van der Waals surface area contributed by atoms with Crippen molar-refractivity contribution in [3.63, 3.8) is 0 Å². The molecular formula is C10H17N. The van der Waals surface area contributed by atoms with Gasteiger partial charge in [0.1, 0.15) is 0 Å². The molecule has 11 heavy (non-hydrogen) atoms. The molecule has 0 bridgehead atoms. The maximum absolute atomic E-state index is 5.82. The van der Waals surface area contributed by atoms with Gasteiger partial charge in [0.15, 0.2) is 0 Å². The zero-order valence-corrected chi connectivity index (χ0v) is 7.48. The van der Waals surface area contributed by atoms with E-state index in [-0.39, 0.29) is 0 Å². The molecule has 1 heteroatoms. The number of hydrogen-bond donors (Lipinski definition) is 1. The standard InChI is InChI=1S/C10H17N/c1-7(2)10-5-4-9(11)6-8(10)3/h9H,1,4-6,11H2,2-3H3/t9-/m1/s1. The third kappa shape index (κ3) is 1.93. The Hall–Kier alpha value is -0.560. The minimum Gasteiger partial charge on any atom is -0.327 e. The molecule has 0 aromatic rings. The Labute approximate surface area is 69.0 Å². The summed E-state index contributed by atoms with van der Waals surface area (Å²) >= 11 is 0. The van der Waals surface area contributed by atoms with Crippen LogP contribution in [0.2, 0.25) is 0 Å². The van der Waals surface area contributed by atoms with Crippen LogP contribution in [0, 0.1) is 0 Å². The van der Waals surface area contributed by atoms with Crippen LogP contribution in [-0.2, 0) is 0 Å². The summed E-state index contributed by atoms with van der Waals surface area (Å²) in [6, 6.07) is 0.387. The lowest BCUT2D eigenvalue weighted by atomic mass is 9.87. The zero-order valence-electron chi connectivity index (χ0n) is 7.48. The Morgan fingerprint density at radius 3 is 2.73 bits per heavy atom. The predicted octanol–water partition coefficient (Wildman–Crippen LogP) is 2.39. The minimum atomic E-state index is 0.387. The lowest BCUT2D eigenvalue weighted by Crippen LogP contribution is -2.24. The van der Waals surface area contributed by atoms with Crippen LogP contribution in [0.5, 0.6) is 0 Å². The molecule has 0 aliphatic heterocycles. The molecule has 0 heterocycles. The summed E-state index contributed by atoms with van der Waals surface area (Å²) in [5.74, 6) is 0. The number of nitrogens with two attached hydrogens (primary N) is 1. The van der Waals surface area contributed by atoms with Crippen LogP contribution >= 0.6 is 0 Å². The molecule has 1 atom stereocenters. The van der Waals surface area contributed by atoms with E-state index in [9.17, 15) is 0 Å². The first kappa shape index (κ1) is 8.54. The fourth-order valence-electron chi connectivity index (χ4n) is 1.74. The smallest absolute Gasteiger partial charge is 0.00793 e. The second kappa shape index (κ2) is 3.22. The molecule has 1 aliphatic rings. The first-order chi connectivity index (χ1) is 5.11. The fraction of sp³-hybridized carbons (Fsp3) is 0.600. The molecule has 0 spiro atoms. The van der Waals surface area contributed by atoms with Gasteiger partial charge in [-0.2, -0.15) is 0 Å². The summed E-state index contributed by atoms with van der Waals surface area (Å²) in [7, 11) is 0. The summed E-state index contributed by atoms with van der Waals surface area (Å²) in [6.45, 7) is 8.20. The van der Waals surface area contributed by atoms with E-state index in [1.807, 2.05) is 0 Å². The fourth-order valence-corrected chi connectivity index (χ4v) is 1.74.